The summed E-state index contributed by atoms with van der Waals surface area (Å²) in [5.41, 5.74) is 0.758. The van der Waals surface area contributed by atoms with Crippen molar-refractivity contribution in [3.05, 3.63) is 35.6 Å². The first-order valence-electron chi connectivity index (χ1n) is 8.26. The van der Waals surface area contributed by atoms with Gasteiger partial charge in [0.25, 0.3) is 0 Å². The van der Waals surface area contributed by atoms with Crippen molar-refractivity contribution in [2.45, 2.75) is 44.9 Å². The highest BCUT2D eigenvalue weighted by molar-refractivity contribution is 5.74. The summed E-state index contributed by atoms with van der Waals surface area (Å²) < 4.78 is 13.3. The van der Waals surface area contributed by atoms with E-state index in [2.05, 4.69) is 10.6 Å². The zero-order valence-electron chi connectivity index (χ0n) is 14.0. The topological polar surface area (TPSA) is 61.4 Å². The maximum Gasteiger partial charge on any atom is 0.314 e. The molecule has 0 heterocycles. The minimum atomic E-state index is -0.232. The molecule has 0 unspecified atom stereocenters. The van der Waals surface area contributed by atoms with Crippen molar-refractivity contribution in [1.82, 2.24) is 10.6 Å². The van der Waals surface area contributed by atoms with Crippen LogP contribution >= 0.6 is 0 Å². The maximum absolute atomic E-state index is 13.3. The van der Waals surface area contributed by atoms with Crippen molar-refractivity contribution < 1.29 is 14.3 Å². The number of carbonyl (C=O) groups excluding carboxylic acids is 1. The van der Waals surface area contributed by atoms with E-state index in [4.69, 9.17) is 0 Å². The fourth-order valence-corrected chi connectivity index (χ4v) is 2.70. The molecule has 1 aromatic carbocycles. The predicted octanol–water partition coefficient (Wildman–Crippen LogP) is 2.96. The lowest BCUT2D eigenvalue weighted by molar-refractivity contribution is 0.148. The molecule has 2 rings (SSSR count). The number of benzene rings is 1. The average Bonchev–Trinajstić information content (AvgIpc) is 3.31. The van der Waals surface area contributed by atoms with Gasteiger partial charge in [0.05, 0.1) is 0 Å². The first kappa shape index (κ1) is 17.7. The van der Waals surface area contributed by atoms with Gasteiger partial charge < -0.3 is 15.7 Å². The number of hydrogen-bond donors (Lipinski definition) is 3. The molecule has 4 nitrogen and oxygen atoms in total. The van der Waals surface area contributed by atoms with Crippen molar-refractivity contribution in [1.29, 1.82) is 0 Å². The molecular formula is C18H27FN2O2. The number of aliphatic hydroxyl groups is 1. The number of rotatable bonds is 8. The smallest absolute Gasteiger partial charge is 0.314 e. The minimum absolute atomic E-state index is 0.0989. The highest BCUT2D eigenvalue weighted by atomic mass is 19.1. The lowest BCUT2D eigenvalue weighted by atomic mass is 9.89. The fraction of sp³-hybridized carbons (Fsp3) is 0.611. The third-order valence-corrected chi connectivity index (χ3v) is 4.62. The number of amides is 2. The maximum atomic E-state index is 13.3. The molecule has 3 N–H and O–H groups in total. The van der Waals surface area contributed by atoms with Crippen LogP contribution in [-0.4, -0.2) is 30.8 Å². The van der Waals surface area contributed by atoms with Gasteiger partial charge in [0.1, 0.15) is 5.82 Å². The molecule has 1 aliphatic rings. The van der Waals surface area contributed by atoms with E-state index in [1.165, 1.54) is 6.07 Å². The van der Waals surface area contributed by atoms with Crippen molar-refractivity contribution >= 4 is 6.03 Å². The first-order chi connectivity index (χ1) is 10.9. The molecule has 0 radical (unpaired) electrons. The average molecular weight is 322 g/mol. The molecule has 1 aliphatic carbocycles. The first-order valence-corrected chi connectivity index (χ1v) is 8.26. The standard InChI is InChI=1S/C18H27FN2O2/c1-17(2,13-22)7-4-10-20-16(23)21-12-18(8-9-18)14-5-3-6-15(19)11-14/h3,5-6,11,22H,4,7-10,12-13H2,1-2H3,(H2,20,21,23). The van der Waals surface area contributed by atoms with E-state index in [9.17, 15) is 14.3 Å². The Hall–Kier alpha value is -1.62. The molecule has 0 spiro atoms. The van der Waals surface area contributed by atoms with Crippen molar-refractivity contribution in [3.8, 4) is 0 Å². The lowest BCUT2D eigenvalue weighted by Gasteiger charge is -2.21. The summed E-state index contributed by atoms with van der Waals surface area (Å²) in [6.45, 7) is 5.27. The van der Waals surface area contributed by atoms with Gasteiger partial charge in [-0.2, -0.15) is 0 Å². The van der Waals surface area contributed by atoms with Crippen molar-refractivity contribution in [2.24, 2.45) is 5.41 Å². The number of halogens is 1. The van der Waals surface area contributed by atoms with Crippen molar-refractivity contribution in [2.75, 3.05) is 19.7 Å². The molecule has 1 fully saturated rings. The van der Waals surface area contributed by atoms with Crippen LogP contribution < -0.4 is 10.6 Å². The Morgan fingerprint density at radius 3 is 2.70 bits per heavy atom. The SMILES string of the molecule is CC(C)(CO)CCCNC(=O)NCC1(c2cccc(F)c2)CC1. The Bertz CT molecular complexity index is 542. The number of urea groups is 1. The van der Waals surface area contributed by atoms with Gasteiger partial charge in [-0.05, 0) is 48.8 Å². The zero-order chi connectivity index (χ0) is 16.9. The third-order valence-electron chi connectivity index (χ3n) is 4.62. The monoisotopic (exact) mass is 322 g/mol. The van der Waals surface area contributed by atoms with Crippen LogP contribution in [0.25, 0.3) is 0 Å². The van der Waals surface area contributed by atoms with Crippen LogP contribution in [0.5, 0.6) is 0 Å². The number of hydrogen-bond acceptors (Lipinski definition) is 2. The number of nitrogens with one attached hydrogen (secondary N) is 2. The minimum Gasteiger partial charge on any atom is -0.396 e. The summed E-state index contributed by atoms with van der Waals surface area (Å²) in [5.74, 6) is -0.232. The molecule has 23 heavy (non-hydrogen) atoms. The van der Waals surface area contributed by atoms with E-state index >= 15 is 0 Å². The highest BCUT2D eigenvalue weighted by Crippen LogP contribution is 2.47. The van der Waals surface area contributed by atoms with E-state index in [0.29, 0.717) is 13.1 Å². The second-order valence-corrected chi connectivity index (χ2v) is 7.33. The van der Waals surface area contributed by atoms with Gasteiger partial charge in [0.2, 0.25) is 0 Å². The summed E-state index contributed by atoms with van der Waals surface area (Å²) in [5, 5.41) is 14.9. The van der Waals surface area contributed by atoms with Gasteiger partial charge in [0, 0.05) is 25.1 Å². The van der Waals surface area contributed by atoms with Crippen LogP contribution in [0.15, 0.2) is 24.3 Å². The predicted molar refractivity (Wildman–Crippen MR) is 88.8 cm³/mol. The van der Waals surface area contributed by atoms with Crippen LogP contribution in [0.1, 0.15) is 45.1 Å². The van der Waals surface area contributed by atoms with Gasteiger partial charge in [-0.1, -0.05) is 26.0 Å². The molecule has 5 heteroatoms. The van der Waals surface area contributed by atoms with E-state index in [-0.39, 0.29) is 29.3 Å². The normalized spacial score (nSPS) is 16.0. The van der Waals surface area contributed by atoms with Crippen LogP contribution in [0.3, 0.4) is 0 Å². The van der Waals surface area contributed by atoms with Crippen molar-refractivity contribution in [3.63, 3.8) is 0 Å². The van der Waals surface area contributed by atoms with Gasteiger partial charge >= 0.3 is 6.03 Å². The molecule has 2 amide bonds. The van der Waals surface area contributed by atoms with Gasteiger partial charge in [-0.3, -0.25) is 0 Å². The Kier molecular flexibility index (Phi) is 5.63. The van der Waals surface area contributed by atoms with Crippen LogP contribution in [0.4, 0.5) is 9.18 Å². The van der Waals surface area contributed by atoms with E-state index in [1.54, 1.807) is 12.1 Å². The molecule has 1 aromatic rings. The lowest BCUT2D eigenvalue weighted by Crippen LogP contribution is -2.40. The quantitative estimate of drug-likeness (QED) is 0.644. The largest absolute Gasteiger partial charge is 0.396 e. The molecule has 0 atom stereocenters. The van der Waals surface area contributed by atoms with Gasteiger partial charge in [-0.25, -0.2) is 9.18 Å². The summed E-state index contributed by atoms with van der Waals surface area (Å²) in [6, 6.07) is 6.45. The molecule has 128 valence electrons. The molecule has 0 saturated heterocycles. The summed E-state index contributed by atoms with van der Waals surface area (Å²) in [7, 11) is 0. The Morgan fingerprint density at radius 2 is 2.09 bits per heavy atom. The van der Waals surface area contributed by atoms with Crippen LogP contribution in [0.2, 0.25) is 0 Å². The van der Waals surface area contributed by atoms with Crippen LogP contribution in [0, 0.1) is 11.2 Å². The molecule has 1 saturated carbocycles. The zero-order valence-corrected chi connectivity index (χ0v) is 14.0. The van der Waals surface area contributed by atoms with E-state index < -0.39 is 0 Å². The molecular weight excluding hydrogens is 295 g/mol. The van der Waals surface area contributed by atoms with E-state index in [1.807, 2.05) is 19.9 Å². The summed E-state index contributed by atoms with van der Waals surface area (Å²) >= 11 is 0. The number of aliphatic hydroxyl groups excluding tert-OH is 1. The number of carbonyl (C=O) groups is 1. The Balaban J connectivity index is 1.71. The van der Waals surface area contributed by atoms with Gasteiger partial charge in [-0.15, -0.1) is 0 Å². The van der Waals surface area contributed by atoms with Crippen LogP contribution in [-0.2, 0) is 5.41 Å². The molecule has 0 aliphatic heterocycles. The fourth-order valence-electron chi connectivity index (χ4n) is 2.70. The second kappa shape index (κ2) is 7.30. The van der Waals surface area contributed by atoms with E-state index in [0.717, 1.165) is 31.2 Å². The molecule has 0 aromatic heterocycles. The molecule has 0 bridgehead atoms. The Labute approximate surface area is 137 Å². The highest BCUT2D eigenvalue weighted by Gasteiger charge is 2.44. The third kappa shape index (κ3) is 5.20. The van der Waals surface area contributed by atoms with Gasteiger partial charge in [0.15, 0.2) is 0 Å². The second-order valence-electron chi connectivity index (χ2n) is 7.33. The summed E-state index contributed by atoms with van der Waals surface area (Å²) in [4.78, 5) is 11.9. The Morgan fingerprint density at radius 1 is 1.35 bits per heavy atom. The summed E-state index contributed by atoms with van der Waals surface area (Å²) in [6.07, 6.45) is 3.63.